The summed E-state index contributed by atoms with van der Waals surface area (Å²) in [5.41, 5.74) is 0.0690. The lowest BCUT2D eigenvalue weighted by Crippen LogP contribution is -2.51. The van der Waals surface area contributed by atoms with Gasteiger partial charge in [0.2, 0.25) is 5.91 Å². The van der Waals surface area contributed by atoms with Crippen LogP contribution in [0.25, 0.3) is 0 Å². The largest absolute Gasteiger partial charge is 0.476 e. The van der Waals surface area contributed by atoms with E-state index < -0.39 is 5.97 Å². The minimum atomic E-state index is -1.02. The first-order valence-electron chi connectivity index (χ1n) is 5.33. The Morgan fingerprint density at radius 1 is 1.59 bits per heavy atom. The highest BCUT2D eigenvalue weighted by Crippen LogP contribution is 2.10. The molecule has 1 aromatic heterocycles. The molecule has 0 aromatic carbocycles. The van der Waals surface area contributed by atoms with E-state index in [9.17, 15) is 9.59 Å². The lowest BCUT2D eigenvalue weighted by atomic mass is 10.0. The number of aromatic carboxylic acids is 1. The van der Waals surface area contributed by atoms with Crippen LogP contribution in [0.15, 0.2) is 5.38 Å². The fraction of sp³-hybridized carbons (Fsp3) is 0.500. The van der Waals surface area contributed by atoms with Crippen molar-refractivity contribution in [2.45, 2.75) is 6.42 Å². The summed E-state index contributed by atoms with van der Waals surface area (Å²) in [5.74, 6) is -0.878. The molecule has 3 N–H and O–H groups in total. The molecular formula is C10H13N3O3S. The highest BCUT2D eigenvalue weighted by Gasteiger charge is 2.24. The van der Waals surface area contributed by atoms with Gasteiger partial charge in [-0.1, -0.05) is 0 Å². The van der Waals surface area contributed by atoms with Gasteiger partial charge in [-0.3, -0.25) is 4.79 Å². The van der Waals surface area contributed by atoms with Crippen LogP contribution in [0.3, 0.4) is 0 Å². The normalized spacial score (nSPS) is 15.3. The van der Waals surface area contributed by atoms with Crippen LogP contribution in [0.2, 0.25) is 0 Å². The van der Waals surface area contributed by atoms with Gasteiger partial charge >= 0.3 is 5.97 Å². The Hall–Kier alpha value is -1.47. The zero-order valence-corrected chi connectivity index (χ0v) is 9.92. The van der Waals surface area contributed by atoms with Gasteiger partial charge in [-0.2, -0.15) is 0 Å². The molecule has 1 fully saturated rings. The summed E-state index contributed by atoms with van der Waals surface area (Å²) in [4.78, 5) is 26.0. The molecule has 1 saturated heterocycles. The molecule has 6 nitrogen and oxygen atoms in total. The first kappa shape index (κ1) is 12.0. The second kappa shape index (κ2) is 5.24. The second-order valence-electron chi connectivity index (χ2n) is 3.83. The Morgan fingerprint density at radius 2 is 2.35 bits per heavy atom. The van der Waals surface area contributed by atoms with E-state index in [4.69, 9.17) is 5.11 Å². The summed E-state index contributed by atoms with van der Waals surface area (Å²) in [6, 6.07) is 0. The zero-order chi connectivity index (χ0) is 12.3. The van der Waals surface area contributed by atoms with Crippen LogP contribution in [0.4, 0.5) is 0 Å². The number of nitrogens with zero attached hydrogens (tertiary/aromatic N) is 1. The molecule has 17 heavy (non-hydrogen) atoms. The predicted molar refractivity (Wildman–Crippen MR) is 62.1 cm³/mol. The summed E-state index contributed by atoms with van der Waals surface area (Å²) >= 11 is 1.30. The second-order valence-corrected chi connectivity index (χ2v) is 4.77. The maximum atomic E-state index is 11.5. The molecule has 92 valence electrons. The number of carbonyl (C=O) groups is 2. The molecule has 1 amide bonds. The Balaban J connectivity index is 1.73. The third-order valence-electron chi connectivity index (χ3n) is 2.56. The lowest BCUT2D eigenvalue weighted by Gasteiger charge is -2.25. The third-order valence-corrected chi connectivity index (χ3v) is 3.47. The SMILES string of the molecule is O=C(O)c1csc(CCNC(=O)C2CNC2)n1. The number of carboxylic acids is 1. The predicted octanol–water partition coefficient (Wildman–Crippen LogP) is -0.281. The van der Waals surface area contributed by atoms with Gasteiger partial charge in [0.1, 0.15) is 0 Å². The van der Waals surface area contributed by atoms with Crippen molar-refractivity contribution in [3.63, 3.8) is 0 Å². The van der Waals surface area contributed by atoms with Gasteiger partial charge in [-0.25, -0.2) is 9.78 Å². The smallest absolute Gasteiger partial charge is 0.355 e. The van der Waals surface area contributed by atoms with Crippen molar-refractivity contribution in [1.29, 1.82) is 0 Å². The summed E-state index contributed by atoms with van der Waals surface area (Å²) in [6.07, 6.45) is 0.573. The number of nitrogens with one attached hydrogen (secondary N) is 2. The number of thiazole rings is 1. The van der Waals surface area contributed by atoms with Gasteiger partial charge in [-0.05, 0) is 0 Å². The van der Waals surface area contributed by atoms with Crippen molar-refractivity contribution in [2.24, 2.45) is 5.92 Å². The summed E-state index contributed by atoms with van der Waals surface area (Å²) in [5, 5.41) is 16.8. The fourth-order valence-electron chi connectivity index (χ4n) is 1.43. The van der Waals surface area contributed by atoms with E-state index in [1.165, 1.54) is 16.7 Å². The molecule has 2 rings (SSSR count). The van der Waals surface area contributed by atoms with Crippen molar-refractivity contribution >= 4 is 23.2 Å². The van der Waals surface area contributed by atoms with Crippen molar-refractivity contribution in [2.75, 3.05) is 19.6 Å². The summed E-state index contributed by atoms with van der Waals surface area (Å²) < 4.78 is 0. The summed E-state index contributed by atoms with van der Waals surface area (Å²) in [6.45, 7) is 1.99. The van der Waals surface area contributed by atoms with E-state index in [1.807, 2.05) is 0 Å². The minimum absolute atomic E-state index is 0.0544. The van der Waals surface area contributed by atoms with Gasteiger partial charge in [0.15, 0.2) is 5.69 Å². The van der Waals surface area contributed by atoms with Crippen LogP contribution in [-0.4, -0.2) is 41.6 Å². The number of aromatic nitrogens is 1. The quantitative estimate of drug-likeness (QED) is 0.673. The number of hydrogen-bond acceptors (Lipinski definition) is 5. The first-order valence-corrected chi connectivity index (χ1v) is 6.21. The number of rotatable bonds is 5. The van der Waals surface area contributed by atoms with Crippen molar-refractivity contribution in [1.82, 2.24) is 15.6 Å². The van der Waals surface area contributed by atoms with E-state index in [-0.39, 0.29) is 17.5 Å². The van der Waals surface area contributed by atoms with Crippen LogP contribution >= 0.6 is 11.3 Å². The van der Waals surface area contributed by atoms with Gasteiger partial charge < -0.3 is 15.7 Å². The lowest BCUT2D eigenvalue weighted by molar-refractivity contribution is -0.126. The molecule has 0 atom stereocenters. The molecule has 0 radical (unpaired) electrons. The van der Waals surface area contributed by atoms with Crippen molar-refractivity contribution < 1.29 is 14.7 Å². The Bertz CT molecular complexity index is 428. The topological polar surface area (TPSA) is 91.3 Å². The molecule has 0 bridgehead atoms. The van der Waals surface area contributed by atoms with Crippen molar-refractivity contribution in [3.05, 3.63) is 16.1 Å². The van der Waals surface area contributed by atoms with E-state index in [2.05, 4.69) is 15.6 Å². The molecular weight excluding hydrogens is 242 g/mol. The molecule has 1 aromatic rings. The van der Waals surface area contributed by atoms with Gasteiger partial charge in [0.25, 0.3) is 0 Å². The monoisotopic (exact) mass is 255 g/mol. The van der Waals surface area contributed by atoms with Crippen LogP contribution < -0.4 is 10.6 Å². The van der Waals surface area contributed by atoms with Crippen LogP contribution in [0.1, 0.15) is 15.5 Å². The molecule has 1 aliphatic rings. The maximum Gasteiger partial charge on any atom is 0.355 e. The zero-order valence-electron chi connectivity index (χ0n) is 9.10. The van der Waals surface area contributed by atoms with Gasteiger partial charge in [-0.15, -0.1) is 11.3 Å². The molecule has 0 spiro atoms. The Morgan fingerprint density at radius 3 is 2.88 bits per heavy atom. The third kappa shape index (κ3) is 3.01. The standard InChI is InChI=1S/C10H13N3O3S/c14-9(6-3-11-4-6)12-2-1-8-13-7(5-17-8)10(15)16/h5-6,11H,1-4H2,(H,12,14)(H,15,16). The Kier molecular flexibility index (Phi) is 3.70. The fourth-order valence-corrected chi connectivity index (χ4v) is 2.21. The maximum absolute atomic E-state index is 11.5. The average molecular weight is 255 g/mol. The first-order chi connectivity index (χ1) is 8.16. The average Bonchev–Trinajstić information content (AvgIpc) is 2.63. The van der Waals surface area contributed by atoms with Gasteiger partial charge in [0.05, 0.1) is 10.9 Å². The number of hydrogen-bond donors (Lipinski definition) is 3. The molecule has 7 heteroatoms. The van der Waals surface area contributed by atoms with E-state index >= 15 is 0 Å². The number of carboxylic acid groups (broad SMARTS) is 1. The number of carbonyl (C=O) groups excluding carboxylic acids is 1. The molecule has 1 aliphatic heterocycles. The van der Waals surface area contributed by atoms with Crippen LogP contribution in [-0.2, 0) is 11.2 Å². The number of amides is 1. The minimum Gasteiger partial charge on any atom is -0.476 e. The highest BCUT2D eigenvalue weighted by atomic mass is 32.1. The van der Waals surface area contributed by atoms with E-state index in [1.54, 1.807) is 0 Å². The Labute approximate surface area is 102 Å². The van der Waals surface area contributed by atoms with Gasteiger partial charge in [0, 0.05) is 31.4 Å². The van der Waals surface area contributed by atoms with Crippen molar-refractivity contribution in [3.8, 4) is 0 Å². The molecule has 0 saturated carbocycles. The van der Waals surface area contributed by atoms with Crippen LogP contribution in [0.5, 0.6) is 0 Å². The molecule has 2 heterocycles. The van der Waals surface area contributed by atoms with Crippen LogP contribution in [0, 0.1) is 5.92 Å². The summed E-state index contributed by atoms with van der Waals surface area (Å²) in [7, 11) is 0. The molecule has 0 unspecified atom stereocenters. The highest BCUT2D eigenvalue weighted by molar-refractivity contribution is 7.09. The molecule has 0 aliphatic carbocycles. The van der Waals surface area contributed by atoms with E-state index in [0.29, 0.717) is 13.0 Å². The van der Waals surface area contributed by atoms with E-state index in [0.717, 1.165) is 18.1 Å².